The van der Waals surface area contributed by atoms with E-state index in [9.17, 15) is 9.59 Å². The Bertz CT molecular complexity index is 1090. The number of nitrogens with zero attached hydrogens (tertiary/aromatic N) is 3. The Morgan fingerprint density at radius 2 is 1.87 bits per heavy atom. The van der Waals surface area contributed by atoms with Gasteiger partial charge >= 0.3 is 0 Å². The molecule has 1 heterocycles. The van der Waals surface area contributed by atoms with Gasteiger partial charge in [-0.15, -0.1) is 5.10 Å². The number of halogens is 1. The average molecular weight is 440 g/mol. The van der Waals surface area contributed by atoms with Gasteiger partial charge < -0.3 is 15.4 Å². The summed E-state index contributed by atoms with van der Waals surface area (Å²) >= 11 is 6.19. The Hall–Kier alpha value is -3.39. The standard InChI is InChI=1S/C22H22ClN5O3/c1-2-24-21(29)14-7-11-16(12-8-14)28-18(13-31-19-6-4-3-5-17(19)23)20(26-27-28)22(30)25-15-9-10-15/h3-8,11-12,15H,2,9-10,13H2,1H3,(H,24,29)(H,25,30). The number of amides is 2. The number of rotatable bonds is 8. The Morgan fingerprint density at radius 3 is 2.55 bits per heavy atom. The number of carbonyl (C=O) groups excluding carboxylic acids is 2. The monoisotopic (exact) mass is 439 g/mol. The second-order valence-electron chi connectivity index (χ2n) is 7.17. The molecule has 3 aromatic rings. The zero-order valence-electron chi connectivity index (χ0n) is 17.0. The van der Waals surface area contributed by atoms with Crippen molar-refractivity contribution in [3.63, 3.8) is 0 Å². The molecule has 2 N–H and O–H groups in total. The van der Waals surface area contributed by atoms with Gasteiger partial charge in [0.1, 0.15) is 18.1 Å². The third kappa shape index (κ3) is 4.86. The van der Waals surface area contributed by atoms with Crippen LogP contribution in [0.25, 0.3) is 5.69 Å². The maximum Gasteiger partial charge on any atom is 0.274 e. The first-order valence-corrected chi connectivity index (χ1v) is 10.5. The molecule has 4 rings (SSSR count). The van der Waals surface area contributed by atoms with Gasteiger partial charge in [-0.2, -0.15) is 0 Å². The van der Waals surface area contributed by atoms with E-state index in [4.69, 9.17) is 16.3 Å². The van der Waals surface area contributed by atoms with Crippen molar-refractivity contribution < 1.29 is 14.3 Å². The Balaban J connectivity index is 1.63. The van der Waals surface area contributed by atoms with Crippen molar-refractivity contribution in [3.8, 4) is 11.4 Å². The molecule has 0 bridgehead atoms. The number of aromatic nitrogens is 3. The van der Waals surface area contributed by atoms with E-state index in [1.54, 1.807) is 41.1 Å². The number of nitrogens with one attached hydrogen (secondary N) is 2. The lowest BCUT2D eigenvalue weighted by atomic mass is 10.2. The molecule has 1 aliphatic carbocycles. The fourth-order valence-corrected chi connectivity index (χ4v) is 3.21. The van der Waals surface area contributed by atoms with Gasteiger partial charge in [-0.05, 0) is 56.2 Å². The quantitative estimate of drug-likeness (QED) is 0.562. The first-order chi connectivity index (χ1) is 15.1. The summed E-state index contributed by atoms with van der Waals surface area (Å²) in [5.74, 6) is 0.0573. The van der Waals surface area contributed by atoms with Gasteiger partial charge in [0, 0.05) is 18.2 Å². The molecular weight excluding hydrogens is 418 g/mol. The minimum atomic E-state index is -0.287. The fraction of sp³-hybridized carbons (Fsp3) is 0.273. The minimum absolute atomic E-state index is 0.0439. The number of para-hydroxylation sites is 1. The van der Waals surface area contributed by atoms with Crippen LogP contribution in [0.2, 0.25) is 5.02 Å². The molecule has 2 amide bonds. The van der Waals surface area contributed by atoms with Crippen molar-refractivity contribution in [2.75, 3.05) is 6.54 Å². The predicted octanol–water partition coefficient (Wildman–Crippen LogP) is 3.14. The second-order valence-corrected chi connectivity index (χ2v) is 7.58. The number of benzene rings is 2. The number of ether oxygens (including phenoxy) is 1. The van der Waals surface area contributed by atoms with Crippen LogP contribution in [-0.4, -0.2) is 39.4 Å². The highest BCUT2D eigenvalue weighted by Crippen LogP contribution is 2.25. The van der Waals surface area contributed by atoms with Crippen LogP contribution in [0.15, 0.2) is 48.5 Å². The molecule has 8 nitrogen and oxygen atoms in total. The largest absolute Gasteiger partial charge is 0.486 e. The second kappa shape index (κ2) is 9.18. The summed E-state index contributed by atoms with van der Waals surface area (Å²) < 4.78 is 7.41. The topological polar surface area (TPSA) is 98.1 Å². The predicted molar refractivity (Wildman–Crippen MR) is 116 cm³/mol. The van der Waals surface area contributed by atoms with Crippen LogP contribution in [0.1, 0.15) is 46.3 Å². The molecule has 0 saturated heterocycles. The molecule has 1 saturated carbocycles. The molecule has 0 radical (unpaired) electrons. The van der Waals surface area contributed by atoms with E-state index in [2.05, 4.69) is 20.9 Å². The van der Waals surface area contributed by atoms with Gasteiger partial charge in [-0.3, -0.25) is 9.59 Å². The minimum Gasteiger partial charge on any atom is -0.486 e. The molecule has 160 valence electrons. The fourth-order valence-electron chi connectivity index (χ4n) is 3.02. The summed E-state index contributed by atoms with van der Waals surface area (Å²) in [5.41, 5.74) is 1.88. The highest BCUT2D eigenvalue weighted by atomic mass is 35.5. The van der Waals surface area contributed by atoms with Crippen molar-refractivity contribution in [3.05, 3.63) is 70.5 Å². The molecule has 1 aromatic heterocycles. The molecule has 9 heteroatoms. The summed E-state index contributed by atoms with van der Waals surface area (Å²) in [5, 5.41) is 14.4. The van der Waals surface area contributed by atoms with Gasteiger partial charge in [0.2, 0.25) is 0 Å². The third-order valence-corrected chi connectivity index (χ3v) is 5.12. The van der Waals surface area contributed by atoms with Crippen LogP contribution in [-0.2, 0) is 6.61 Å². The number of hydrogen-bond donors (Lipinski definition) is 2. The maximum atomic E-state index is 12.7. The van der Waals surface area contributed by atoms with Crippen LogP contribution in [0.3, 0.4) is 0 Å². The molecule has 0 aliphatic heterocycles. The molecule has 2 aromatic carbocycles. The lowest BCUT2D eigenvalue weighted by molar-refractivity contribution is 0.0939. The van der Waals surface area contributed by atoms with Gasteiger partial charge in [0.15, 0.2) is 5.69 Å². The number of carbonyl (C=O) groups is 2. The molecule has 0 unspecified atom stereocenters. The zero-order valence-corrected chi connectivity index (χ0v) is 17.7. The summed E-state index contributed by atoms with van der Waals surface area (Å²) in [6.07, 6.45) is 1.93. The van der Waals surface area contributed by atoms with E-state index in [0.717, 1.165) is 12.8 Å². The van der Waals surface area contributed by atoms with Crippen molar-refractivity contribution >= 4 is 23.4 Å². The molecule has 0 atom stereocenters. The van der Waals surface area contributed by atoms with E-state index in [1.807, 2.05) is 19.1 Å². The lowest BCUT2D eigenvalue weighted by Gasteiger charge is -2.11. The van der Waals surface area contributed by atoms with Crippen molar-refractivity contribution in [1.82, 2.24) is 25.6 Å². The molecule has 31 heavy (non-hydrogen) atoms. The molecule has 1 aliphatic rings. The first-order valence-electron chi connectivity index (χ1n) is 10.1. The SMILES string of the molecule is CCNC(=O)c1ccc(-n2nnc(C(=O)NC3CC3)c2COc2ccccc2Cl)cc1. The summed E-state index contributed by atoms with van der Waals surface area (Å²) in [7, 11) is 0. The molecular formula is C22H22ClN5O3. The van der Waals surface area contributed by atoms with E-state index < -0.39 is 0 Å². The molecule has 0 spiro atoms. The molecule has 1 fully saturated rings. The van der Waals surface area contributed by atoms with E-state index in [1.165, 1.54) is 0 Å². The van der Waals surface area contributed by atoms with Crippen molar-refractivity contribution in [2.45, 2.75) is 32.4 Å². The summed E-state index contributed by atoms with van der Waals surface area (Å²) in [4.78, 5) is 24.7. The highest BCUT2D eigenvalue weighted by molar-refractivity contribution is 6.32. The maximum absolute atomic E-state index is 12.7. The third-order valence-electron chi connectivity index (χ3n) is 4.80. The highest BCUT2D eigenvalue weighted by Gasteiger charge is 2.28. The van der Waals surface area contributed by atoms with Crippen LogP contribution in [0.4, 0.5) is 0 Å². The Morgan fingerprint density at radius 1 is 1.13 bits per heavy atom. The number of hydrogen-bond acceptors (Lipinski definition) is 5. The van der Waals surface area contributed by atoms with E-state index >= 15 is 0 Å². The van der Waals surface area contributed by atoms with Gasteiger partial charge in [-0.1, -0.05) is 28.9 Å². The van der Waals surface area contributed by atoms with Crippen LogP contribution < -0.4 is 15.4 Å². The van der Waals surface area contributed by atoms with E-state index in [0.29, 0.717) is 34.3 Å². The summed E-state index contributed by atoms with van der Waals surface area (Å²) in [6.45, 7) is 2.45. The van der Waals surface area contributed by atoms with Gasteiger partial charge in [0.25, 0.3) is 11.8 Å². The van der Waals surface area contributed by atoms with Crippen LogP contribution >= 0.6 is 11.6 Å². The Kier molecular flexibility index (Phi) is 6.18. The summed E-state index contributed by atoms with van der Waals surface area (Å²) in [6, 6.07) is 14.2. The van der Waals surface area contributed by atoms with Crippen molar-refractivity contribution in [2.24, 2.45) is 0 Å². The van der Waals surface area contributed by atoms with Gasteiger partial charge in [0.05, 0.1) is 10.7 Å². The van der Waals surface area contributed by atoms with E-state index in [-0.39, 0.29) is 30.2 Å². The average Bonchev–Trinajstić information content (AvgIpc) is 3.49. The normalized spacial score (nSPS) is 13.0. The smallest absolute Gasteiger partial charge is 0.274 e. The lowest BCUT2D eigenvalue weighted by Crippen LogP contribution is -2.27. The Labute approximate surface area is 184 Å². The van der Waals surface area contributed by atoms with Crippen molar-refractivity contribution in [1.29, 1.82) is 0 Å². The first kappa shape index (κ1) is 20.9. The van der Waals surface area contributed by atoms with Crippen LogP contribution in [0, 0.1) is 0 Å². The van der Waals surface area contributed by atoms with Gasteiger partial charge in [-0.25, -0.2) is 4.68 Å². The zero-order chi connectivity index (χ0) is 21.8. The van der Waals surface area contributed by atoms with Crippen LogP contribution in [0.5, 0.6) is 5.75 Å².